The number of hydrogen-bond acceptors (Lipinski definition) is 3. The highest BCUT2D eigenvalue weighted by molar-refractivity contribution is 6.32. The molecule has 2 unspecified atom stereocenters. The standard InChI is InChI=1S/C11H14Cl2N2O/c1-7-3-2-4-8(5-7)16-10-9(12)6-14-11(13)15-10/h6-8H,2-5H2,1H3. The Bertz CT molecular complexity index is 373. The van der Waals surface area contributed by atoms with Crippen molar-refractivity contribution < 1.29 is 4.74 Å². The highest BCUT2D eigenvalue weighted by Gasteiger charge is 2.21. The third-order valence-corrected chi connectivity index (χ3v) is 3.29. The fourth-order valence-electron chi connectivity index (χ4n) is 2.06. The highest BCUT2D eigenvalue weighted by atomic mass is 35.5. The van der Waals surface area contributed by atoms with E-state index in [1.54, 1.807) is 0 Å². The van der Waals surface area contributed by atoms with Gasteiger partial charge in [-0.2, -0.15) is 4.98 Å². The summed E-state index contributed by atoms with van der Waals surface area (Å²) in [7, 11) is 0. The largest absolute Gasteiger partial charge is 0.473 e. The van der Waals surface area contributed by atoms with E-state index in [4.69, 9.17) is 27.9 Å². The van der Waals surface area contributed by atoms with Gasteiger partial charge >= 0.3 is 0 Å². The van der Waals surface area contributed by atoms with Crippen LogP contribution in [0.2, 0.25) is 10.3 Å². The molecule has 0 spiro atoms. The Kier molecular flexibility index (Phi) is 3.87. The van der Waals surface area contributed by atoms with Crippen molar-refractivity contribution in [2.45, 2.75) is 38.7 Å². The normalized spacial score (nSPS) is 25.4. The summed E-state index contributed by atoms with van der Waals surface area (Å²) in [6.07, 6.45) is 6.26. The van der Waals surface area contributed by atoms with Crippen LogP contribution < -0.4 is 4.74 Å². The maximum absolute atomic E-state index is 5.94. The molecule has 1 heterocycles. The first-order chi connectivity index (χ1) is 7.65. The fraction of sp³-hybridized carbons (Fsp3) is 0.636. The molecule has 1 fully saturated rings. The van der Waals surface area contributed by atoms with Crippen LogP contribution in [0.4, 0.5) is 0 Å². The van der Waals surface area contributed by atoms with Crippen molar-refractivity contribution in [2.75, 3.05) is 0 Å². The van der Waals surface area contributed by atoms with Gasteiger partial charge in [-0.05, 0) is 36.8 Å². The van der Waals surface area contributed by atoms with E-state index in [1.165, 1.54) is 19.0 Å². The Morgan fingerprint density at radius 3 is 2.94 bits per heavy atom. The molecule has 0 radical (unpaired) electrons. The second-order valence-corrected chi connectivity index (χ2v) is 5.05. The molecule has 1 aliphatic rings. The van der Waals surface area contributed by atoms with E-state index in [0.717, 1.165) is 12.8 Å². The summed E-state index contributed by atoms with van der Waals surface area (Å²) in [5.74, 6) is 1.11. The molecule has 3 nitrogen and oxygen atoms in total. The fourth-order valence-corrected chi connectivity index (χ4v) is 2.32. The molecule has 5 heteroatoms. The lowest BCUT2D eigenvalue weighted by Gasteiger charge is -2.27. The number of halogens is 2. The minimum Gasteiger partial charge on any atom is -0.473 e. The van der Waals surface area contributed by atoms with Gasteiger partial charge in [0.05, 0.1) is 6.20 Å². The predicted octanol–water partition coefficient (Wildman–Crippen LogP) is 3.74. The van der Waals surface area contributed by atoms with Crippen molar-refractivity contribution >= 4 is 23.2 Å². The van der Waals surface area contributed by atoms with Crippen molar-refractivity contribution in [3.63, 3.8) is 0 Å². The Morgan fingerprint density at radius 1 is 1.38 bits per heavy atom. The zero-order valence-electron chi connectivity index (χ0n) is 9.12. The van der Waals surface area contributed by atoms with Gasteiger partial charge in [0.2, 0.25) is 11.2 Å². The summed E-state index contributed by atoms with van der Waals surface area (Å²) in [6.45, 7) is 2.24. The van der Waals surface area contributed by atoms with Gasteiger partial charge in [-0.1, -0.05) is 24.9 Å². The molecule has 1 aromatic rings. The first kappa shape index (κ1) is 11.9. The van der Waals surface area contributed by atoms with Crippen molar-refractivity contribution in [2.24, 2.45) is 5.92 Å². The predicted molar refractivity (Wildman–Crippen MR) is 64.1 cm³/mol. The molecule has 0 amide bonds. The van der Waals surface area contributed by atoms with Gasteiger partial charge in [0.1, 0.15) is 11.1 Å². The zero-order chi connectivity index (χ0) is 11.5. The molecule has 0 N–H and O–H groups in total. The van der Waals surface area contributed by atoms with Gasteiger partial charge in [0.15, 0.2) is 0 Å². The van der Waals surface area contributed by atoms with Crippen LogP contribution in [0.15, 0.2) is 6.20 Å². The minimum absolute atomic E-state index is 0.170. The maximum atomic E-state index is 5.94. The molecule has 0 bridgehead atoms. The lowest BCUT2D eigenvalue weighted by Crippen LogP contribution is -2.24. The zero-order valence-corrected chi connectivity index (χ0v) is 10.6. The van der Waals surface area contributed by atoms with E-state index in [9.17, 15) is 0 Å². The molecule has 0 aromatic carbocycles. The van der Waals surface area contributed by atoms with Gasteiger partial charge in [-0.25, -0.2) is 4.98 Å². The third kappa shape index (κ3) is 2.98. The summed E-state index contributed by atoms with van der Waals surface area (Å²) in [4.78, 5) is 7.78. The lowest BCUT2D eigenvalue weighted by molar-refractivity contribution is 0.124. The van der Waals surface area contributed by atoms with Crippen LogP contribution in [0, 0.1) is 5.92 Å². The van der Waals surface area contributed by atoms with Crippen LogP contribution >= 0.6 is 23.2 Å². The Hall–Kier alpha value is -0.540. The van der Waals surface area contributed by atoms with Gasteiger partial charge in [-0.3, -0.25) is 0 Å². The van der Waals surface area contributed by atoms with Crippen molar-refractivity contribution in [1.29, 1.82) is 0 Å². The number of ether oxygens (including phenoxy) is 1. The van der Waals surface area contributed by atoms with Crippen LogP contribution in [0.1, 0.15) is 32.6 Å². The highest BCUT2D eigenvalue weighted by Crippen LogP contribution is 2.29. The molecule has 2 atom stereocenters. The molecule has 1 saturated carbocycles. The van der Waals surface area contributed by atoms with Crippen LogP contribution in [-0.2, 0) is 0 Å². The smallest absolute Gasteiger partial charge is 0.237 e. The van der Waals surface area contributed by atoms with Crippen molar-refractivity contribution in [3.05, 3.63) is 16.5 Å². The Labute approximate surface area is 105 Å². The second kappa shape index (κ2) is 5.19. The summed E-state index contributed by atoms with van der Waals surface area (Å²) in [5.41, 5.74) is 0. The second-order valence-electron chi connectivity index (χ2n) is 4.30. The molecule has 1 aliphatic carbocycles. The topological polar surface area (TPSA) is 35.0 Å². The molecule has 2 rings (SSSR count). The molecule has 1 aromatic heterocycles. The quantitative estimate of drug-likeness (QED) is 0.760. The van der Waals surface area contributed by atoms with Crippen LogP contribution in [0.3, 0.4) is 0 Å². The minimum atomic E-state index is 0.170. The van der Waals surface area contributed by atoms with Crippen LogP contribution in [0.25, 0.3) is 0 Å². The van der Waals surface area contributed by atoms with Gasteiger partial charge in [0, 0.05) is 0 Å². The van der Waals surface area contributed by atoms with E-state index >= 15 is 0 Å². The van der Waals surface area contributed by atoms with E-state index in [-0.39, 0.29) is 11.4 Å². The number of aromatic nitrogens is 2. The summed E-state index contributed by atoms with van der Waals surface area (Å²) in [6, 6.07) is 0. The number of hydrogen-bond donors (Lipinski definition) is 0. The first-order valence-corrected chi connectivity index (χ1v) is 6.25. The monoisotopic (exact) mass is 260 g/mol. The summed E-state index contributed by atoms with van der Waals surface area (Å²) >= 11 is 11.6. The first-order valence-electron chi connectivity index (χ1n) is 5.50. The molecule has 0 aliphatic heterocycles. The third-order valence-electron chi connectivity index (χ3n) is 2.85. The van der Waals surface area contributed by atoms with E-state index in [1.807, 2.05) is 0 Å². The number of nitrogens with zero attached hydrogens (tertiary/aromatic N) is 2. The van der Waals surface area contributed by atoms with E-state index < -0.39 is 0 Å². The van der Waals surface area contributed by atoms with Crippen molar-refractivity contribution in [3.8, 4) is 5.88 Å². The molecular formula is C11H14Cl2N2O. The summed E-state index contributed by atoms with van der Waals surface area (Å²) in [5, 5.41) is 0.589. The van der Waals surface area contributed by atoms with Crippen LogP contribution in [-0.4, -0.2) is 16.1 Å². The van der Waals surface area contributed by atoms with Gasteiger partial charge < -0.3 is 4.74 Å². The maximum Gasteiger partial charge on any atom is 0.237 e. The Morgan fingerprint density at radius 2 is 2.19 bits per heavy atom. The molecule has 88 valence electrons. The lowest BCUT2D eigenvalue weighted by atomic mass is 9.89. The van der Waals surface area contributed by atoms with E-state index in [0.29, 0.717) is 16.8 Å². The number of rotatable bonds is 2. The average molecular weight is 261 g/mol. The van der Waals surface area contributed by atoms with Gasteiger partial charge in [-0.15, -0.1) is 0 Å². The summed E-state index contributed by atoms with van der Waals surface area (Å²) < 4.78 is 5.77. The van der Waals surface area contributed by atoms with Crippen molar-refractivity contribution in [1.82, 2.24) is 9.97 Å². The molecular weight excluding hydrogens is 247 g/mol. The molecule has 0 saturated heterocycles. The SMILES string of the molecule is CC1CCCC(Oc2nc(Cl)ncc2Cl)C1. The van der Waals surface area contributed by atoms with E-state index in [2.05, 4.69) is 16.9 Å². The van der Waals surface area contributed by atoms with Crippen LogP contribution in [0.5, 0.6) is 5.88 Å². The average Bonchev–Trinajstić information content (AvgIpc) is 2.24. The van der Waals surface area contributed by atoms with Gasteiger partial charge in [0.25, 0.3) is 0 Å². The Balaban J connectivity index is 2.05. The molecule has 16 heavy (non-hydrogen) atoms.